The van der Waals surface area contributed by atoms with Gasteiger partial charge in [-0.05, 0) is 83.1 Å². The van der Waals surface area contributed by atoms with Gasteiger partial charge in [0.1, 0.15) is 73.2 Å². The zero-order chi connectivity index (χ0) is 48.9. The van der Waals surface area contributed by atoms with Crippen molar-refractivity contribution < 1.29 is 71.1 Å². The van der Waals surface area contributed by atoms with Crippen LogP contribution >= 0.6 is 0 Å². The highest BCUT2D eigenvalue weighted by Crippen LogP contribution is 2.47. The van der Waals surface area contributed by atoms with Gasteiger partial charge in [0.25, 0.3) is 0 Å². The Labute approximate surface area is 405 Å². The molecule has 0 spiro atoms. The van der Waals surface area contributed by atoms with E-state index in [9.17, 15) is 0 Å². The van der Waals surface area contributed by atoms with Gasteiger partial charge < -0.3 is 71.1 Å². The van der Waals surface area contributed by atoms with Crippen LogP contribution in [-0.4, -0.2) is 177 Å². The molecule has 9 saturated heterocycles. The monoisotopic (exact) mass is 986 g/mol. The minimum absolute atomic E-state index is 0.337. The molecule has 9 aliphatic rings. The number of rotatable bonds is 12. The van der Waals surface area contributed by atoms with Crippen LogP contribution in [0.15, 0.2) is 18.6 Å². The maximum Gasteiger partial charge on any atom is 0.190 e. The van der Waals surface area contributed by atoms with Crippen molar-refractivity contribution in [1.82, 2.24) is 49.9 Å². The zero-order valence-corrected chi connectivity index (χ0v) is 41.7. The topological polar surface area (TPSA) is 234 Å². The molecule has 0 radical (unpaired) electrons. The first-order valence-corrected chi connectivity index (χ1v) is 24.4. The Balaban J connectivity index is 0.765. The highest BCUT2D eigenvalue weighted by molar-refractivity contribution is 5.06. The summed E-state index contributed by atoms with van der Waals surface area (Å²) in [6.45, 7) is 24.6. The molecule has 12 heterocycles. The van der Waals surface area contributed by atoms with E-state index in [1.807, 2.05) is 102 Å². The number of hydrogen-bond acceptors (Lipinski definition) is 22. The minimum atomic E-state index is -0.833. The normalized spacial score (nSPS) is 41.0. The Hall–Kier alpha value is -3.22. The van der Waals surface area contributed by atoms with Crippen LogP contribution < -0.4 is 0 Å². The van der Waals surface area contributed by atoms with E-state index in [4.69, 9.17) is 71.1 Å². The standard InChI is InChI=1S/C45H66N10O15/c1-40(2)59-28-25(56-37-34(31(28)62-40)65-43(7,8)68-37)19-53-16-22(46-49-53)13-52(14-23-17-54(50-47-23)20-26-29-32(63-41(3,4)60-29)35-38(57-26)69-44(9,10)66-35)15-24-18-55(51-48-24)21-27-30-33(64-42(5,6)61-30)36-39(58-27)70-45(11,12)67-36/h16-18,25-39H,13-15,19-21H2,1-12H3/t25?,26?,27?,28-,29-,30-,31?,32?,33?,34?,35?,36?,37+,38+,39+/m0/s1. The summed E-state index contributed by atoms with van der Waals surface area (Å²) in [6, 6.07) is 0. The van der Waals surface area contributed by atoms with Crippen LogP contribution in [0.25, 0.3) is 0 Å². The highest BCUT2D eigenvalue weighted by atomic mass is 16.9. The van der Waals surface area contributed by atoms with Crippen molar-refractivity contribution in [1.29, 1.82) is 0 Å². The van der Waals surface area contributed by atoms with Crippen molar-refractivity contribution in [2.45, 2.75) is 249 Å². The first-order chi connectivity index (χ1) is 32.9. The Morgan fingerprint density at radius 1 is 0.357 bits per heavy atom. The van der Waals surface area contributed by atoms with Gasteiger partial charge in [-0.3, -0.25) is 4.90 Å². The summed E-state index contributed by atoms with van der Waals surface area (Å²) in [6.07, 6.45) is -1.29. The van der Waals surface area contributed by atoms with E-state index in [0.717, 1.165) is 0 Å². The largest absolute Gasteiger partial charge is 0.342 e. The number of hydrogen-bond donors (Lipinski definition) is 0. The molecule has 25 nitrogen and oxygen atoms in total. The van der Waals surface area contributed by atoms with Gasteiger partial charge in [0.15, 0.2) is 53.6 Å². The van der Waals surface area contributed by atoms with E-state index < -0.39 is 127 Å². The van der Waals surface area contributed by atoms with Gasteiger partial charge in [0.05, 0.1) is 36.7 Å². The molecule has 0 amide bonds. The van der Waals surface area contributed by atoms with Crippen molar-refractivity contribution in [3.63, 3.8) is 0 Å². The fraction of sp³-hybridized carbons (Fsp3) is 0.867. The van der Waals surface area contributed by atoms with Crippen LogP contribution in [0.4, 0.5) is 0 Å². The second-order valence-electron chi connectivity index (χ2n) is 22.6. The Morgan fingerprint density at radius 2 is 0.600 bits per heavy atom. The molecule has 0 saturated carbocycles. The molecule has 9 aliphatic heterocycles. The molecular formula is C45H66N10O15. The summed E-state index contributed by atoms with van der Waals surface area (Å²) in [5.74, 6) is -5.00. The first kappa shape index (κ1) is 47.8. The maximum atomic E-state index is 6.48. The average molecular weight is 987 g/mol. The van der Waals surface area contributed by atoms with Gasteiger partial charge in [0, 0.05) is 38.2 Å². The van der Waals surface area contributed by atoms with E-state index >= 15 is 0 Å². The molecule has 0 bridgehead atoms. The lowest BCUT2D eigenvalue weighted by molar-refractivity contribution is -0.237. The van der Waals surface area contributed by atoms with Crippen LogP contribution in [0.2, 0.25) is 0 Å². The van der Waals surface area contributed by atoms with Gasteiger partial charge in [-0.25, -0.2) is 14.0 Å². The lowest BCUT2D eigenvalue weighted by atomic mass is 9.99. The van der Waals surface area contributed by atoms with Crippen molar-refractivity contribution in [3.05, 3.63) is 35.7 Å². The molecule has 9 unspecified atom stereocenters. The SMILES string of the molecule is CC1(C)OC2C3OC(C)(C)O[C@H]3C(Cn3cc(CN(Cc4cn(CC5O[C@@H]6OC(C)(C)OC6C6OC(C)(C)O[C@@H]56)nn4)Cc4cn(CC5O[C@@H]6OC(C)(C)OC6C6OC(C)(C)O[C@@H]56)nn4)nn3)O[C@@H]2O1. The van der Waals surface area contributed by atoms with Gasteiger partial charge >= 0.3 is 0 Å². The van der Waals surface area contributed by atoms with Crippen LogP contribution in [0.3, 0.4) is 0 Å². The molecule has 25 heteroatoms. The third kappa shape index (κ3) is 9.36. The summed E-state index contributed by atoms with van der Waals surface area (Å²) in [7, 11) is 0. The lowest BCUT2D eigenvalue weighted by Crippen LogP contribution is -2.56. The molecule has 386 valence electrons. The van der Waals surface area contributed by atoms with Crippen LogP contribution in [0.1, 0.15) is 100 Å². The Kier molecular flexibility index (Phi) is 11.4. The summed E-state index contributed by atoms with van der Waals surface area (Å²) in [5.41, 5.74) is 2.11. The van der Waals surface area contributed by atoms with Crippen molar-refractivity contribution >= 4 is 0 Å². The summed E-state index contributed by atoms with van der Waals surface area (Å²) < 4.78 is 100.0. The van der Waals surface area contributed by atoms with Gasteiger partial charge in [0.2, 0.25) is 0 Å². The predicted molar refractivity (Wildman–Crippen MR) is 231 cm³/mol. The molecule has 9 fully saturated rings. The lowest BCUT2D eigenvalue weighted by Gasteiger charge is -2.37. The molecule has 3 aromatic rings. The van der Waals surface area contributed by atoms with E-state index in [0.29, 0.717) is 56.4 Å². The molecule has 15 atom stereocenters. The zero-order valence-electron chi connectivity index (χ0n) is 41.7. The molecular weight excluding hydrogens is 921 g/mol. The van der Waals surface area contributed by atoms with Gasteiger partial charge in [-0.15, -0.1) is 15.3 Å². The van der Waals surface area contributed by atoms with E-state index in [2.05, 4.69) is 35.8 Å². The molecule has 0 aliphatic carbocycles. The number of nitrogens with zero attached hydrogens (tertiary/aromatic N) is 10. The van der Waals surface area contributed by atoms with Crippen LogP contribution in [-0.2, 0) is 110 Å². The van der Waals surface area contributed by atoms with Crippen molar-refractivity contribution in [2.24, 2.45) is 0 Å². The highest BCUT2D eigenvalue weighted by Gasteiger charge is 2.63. The fourth-order valence-electron chi connectivity index (χ4n) is 11.4. The Morgan fingerprint density at radius 3 is 0.886 bits per heavy atom. The van der Waals surface area contributed by atoms with Crippen LogP contribution in [0, 0.1) is 0 Å². The summed E-state index contributed by atoms with van der Waals surface area (Å²) in [4.78, 5) is 2.15. The minimum Gasteiger partial charge on any atom is -0.342 e. The van der Waals surface area contributed by atoms with E-state index in [1.54, 1.807) is 14.0 Å². The third-order valence-corrected chi connectivity index (χ3v) is 13.8. The maximum absolute atomic E-state index is 6.48. The van der Waals surface area contributed by atoms with Crippen molar-refractivity contribution in [2.75, 3.05) is 0 Å². The predicted octanol–water partition coefficient (Wildman–Crippen LogP) is 1.85. The van der Waals surface area contributed by atoms with E-state index in [-0.39, 0.29) is 0 Å². The van der Waals surface area contributed by atoms with Crippen molar-refractivity contribution in [3.8, 4) is 0 Å². The summed E-state index contributed by atoms with van der Waals surface area (Å²) >= 11 is 0. The third-order valence-electron chi connectivity index (χ3n) is 13.8. The average Bonchev–Trinajstić information content (AvgIpc) is 4.10. The first-order valence-electron chi connectivity index (χ1n) is 24.4. The quantitative estimate of drug-likeness (QED) is 0.252. The smallest absolute Gasteiger partial charge is 0.190 e. The molecule has 3 aromatic heterocycles. The van der Waals surface area contributed by atoms with Gasteiger partial charge in [-0.2, -0.15) is 0 Å². The molecule has 12 rings (SSSR count). The molecule has 70 heavy (non-hydrogen) atoms. The number of aromatic nitrogens is 9. The van der Waals surface area contributed by atoms with Gasteiger partial charge in [-0.1, -0.05) is 15.6 Å². The summed E-state index contributed by atoms with van der Waals surface area (Å²) in [5, 5.41) is 27.4. The van der Waals surface area contributed by atoms with Crippen LogP contribution in [0.5, 0.6) is 0 Å². The van der Waals surface area contributed by atoms with E-state index in [1.165, 1.54) is 0 Å². The molecule has 0 aromatic carbocycles. The molecule has 0 N–H and O–H groups in total. The number of ether oxygens (including phenoxy) is 15. The number of fused-ring (bicyclic) bond motifs is 9. The second-order valence-corrected chi connectivity index (χ2v) is 22.6. The fourth-order valence-corrected chi connectivity index (χ4v) is 11.4. The Bertz CT molecular complexity index is 2150. The second kappa shape index (κ2) is 16.6.